The van der Waals surface area contributed by atoms with E-state index in [1.165, 1.54) is 11.1 Å². The molecule has 5 nitrogen and oxygen atoms in total. The van der Waals surface area contributed by atoms with E-state index in [1.54, 1.807) is 18.4 Å². The van der Waals surface area contributed by atoms with Crippen molar-refractivity contribution in [2.45, 2.75) is 46.3 Å². The molecule has 2 aromatic rings. The topological polar surface area (TPSA) is 51.7 Å². The van der Waals surface area contributed by atoms with Gasteiger partial charge in [-0.2, -0.15) is 0 Å². The number of carbonyl (C=O) groups excluding carboxylic acids is 1. The van der Waals surface area contributed by atoms with Crippen molar-refractivity contribution < 1.29 is 14.3 Å². The van der Waals surface area contributed by atoms with Crippen molar-refractivity contribution in [3.63, 3.8) is 0 Å². The zero-order valence-electron chi connectivity index (χ0n) is 16.4. The van der Waals surface area contributed by atoms with Crippen LogP contribution in [0.25, 0.3) is 0 Å². The Morgan fingerprint density at radius 1 is 1.26 bits per heavy atom. The Morgan fingerprint density at radius 3 is 2.67 bits per heavy atom. The lowest BCUT2D eigenvalue weighted by Crippen LogP contribution is -2.33. The second kappa shape index (κ2) is 9.33. The molecule has 1 aliphatic carbocycles. The predicted molar refractivity (Wildman–Crippen MR) is 107 cm³/mol. The Labute approximate surface area is 165 Å². The minimum Gasteiger partial charge on any atom is -0.486 e. The third-order valence-corrected chi connectivity index (χ3v) is 5.40. The predicted octanol–water partition coefficient (Wildman–Crippen LogP) is 4.11. The SMILES string of the molecule is COCCCN(Cc1csc(COc2cc(C)cc(C)c2)n1)C(=O)C1CC1. The highest BCUT2D eigenvalue weighted by atomic mass is 32.1. The van der Waals surface area contributed by atoms with E-state index in [0.717, 1.165) is 42.3 Å². The Morgan fingerprint density at radius 2 is 2.00 bits per heavy atom. The van der Waals surface area contributed by atoms with Crippen LogP contribution in [0.2, 0.25) is 0 Å². The smallest absolute Gasteiger partial charge is 0.226 e. The van der Waals surface area contributed by atoms with Crippen molar-refractivity contribution in [2.75, 3.05) is 20.3 Å². The molecule has 0 unspecified atom stereocenters. The molecular weight excluding hydrogens is 360 g/mol. The largest absolute Gasteiger partial charge is 0.486 e. The van der Waals surface area contributed by atoms with Crippen LogP contribution >= 0.6 is 11.3 Å². The third-order valence-electron chi connectivity index (χ3n) is 4.52. The number of hydrogen-bond donors (Lipinski definition) is 0. The highest BCUT2D eigenvalue weighted by molar-refractivity contribution is 7.09. The molecule has 0 N–H and O–H groups in total. The summed E-state index contributed by atoms with van der Waals surface area (Å²) in [5, 5.41) is 2.96. The van der Waals surface area contributed by atoms with Gasteiger partial charge in [-0.1, -0.05) is 6.07 Å². The van der Waals surface area contributed by atoms with Crippen LogP contribution in [0.15, 0.2) is 23.6 Å². The number of benzene rings is 1. The maximum Gasteiger partial charge on any atom is 0.226 e. The number of aryl methyl sites for hydroxylation is 2. The minimum atomic E-state index is 0.221. The quantitative estimate of drug-likeness (QED) is 0.575. The summed E-state index contributed by atoms with van der Waals surface area (Å²) >= 11 is 1.58. The molecule has 1 aromatic heterocycles. The molecule has 1 fully saturated rings. The van der Waals surface area contributed by atoms with Crippen LogP contribution in [-0.2, 0) is 22.7 Å². The first-order valence-electron chi connectivity index (χ1n) is 9.47. The molecule has 146 valence electrons. The monoisotopic (exact) mass is 388 g/mol. The van der Waals surface area contributed by atoms with E-state index in [1.807, 2.05) is 22.4 Å². The van der Waals surface area contributed by atoms with E-state index < -0.39 is 0 Å². The van der Waals surface area contributed by atoms with Crippen LogP contribution in [0.5, 0.6) is 5.75 Å². The van der Waals surface area contributed by atoms with Crippen molar-refractivity contribution in [1.29, 1.82) is 0 Å². The van der Waals surface area contributed by atoms with E-state index in [-0.39, 0.29) is 11.8 Å². The molecule has 0 bridgehead atoms. The van der Waals surface area contributed by atoms with Gasteiger partial charge in [-0.05, 0) is 56.4 Å². The van der Waals surface area contributed by atoms with Gasteiger partial charge >= 0.3 is 0 Å². The molecule has 0 atom stereocenters. The second-order valence-corrected chi connectivity index (χ2v) is 8.17. The molecule has 0 saturated heterocycles. The van der Waals surface area contributed by atoms with Gasteiger partial charge in [0.1, 0.15) is 17.4 Å². The van der Waals surface area contributed by atoms with Crippen molar-refractivity contribution in [2.24, 2.45) is 5.92 Å². The van der Waals surface area contributed by atoms with Crippen LogP contribution in [0.1, 0.15) is 41.1 Å². The first-order chi connectivity index (χ1) is 13.0. The summed E-state index contributed by atoms with van der Waals surface area (Å²) in [4.78, 5) is 19.1. The van der Waals surface area contributed by atoms with Crippen molar-refractivity contribution >= 4 is 17.2 Å². The Kier molecular flexibility index (Phi) is 6.85. The summed E-state index contributed by atoms with van der Waals surface area (Å²) in [5.74, 6) is 1.35. The number of aromatic nitrogens is 1. The van der Waals surface area contributed by atoms with Gasteiger partial charge in [0.25, 0.3) is 0 Å². The molecule has 0 spiro atoms. The molecule has 0 aliphatic heterocycles. The molecule has 1 saturated carbocycles. The molecule has 0 radical (unpaired) electrons. The van der Waals surface area contributed by atoms with Gasteiger partial charge in [0.05, 0.1) is 12.2 Å². The van der Waals surface area contributed by atoms with E-state index in [4.69, 9.17) is 9.47 Å². The maximum atomic E-state index is 12.5. The standard InChI is InChI=1S/C21H28N2O3S/c1-15-9-16(2)11-19(10-15)26-13-20-22-18(14-27-20)12-23(7-4-8-25-3)21(24)17-5-6-17/h9-11,14,17H,4-8,12-13H2,1-3H3. The van der Waals surface area contributed by atoms with Gasteiger partial charge in [0.15, 0.2) is 0 Å². The molecule has 1 aromatic carbocycles. The molecule has 3 rings (SSSR count). The number of ether oxygens (including phenoxy) is 2. The molecule has 27 heavy (non-hydrogen) atoms. The summed E-state index contributed by atoms with van der Waals surface area (Å²) < 4.78 is 11.0. The van der Waals surface area contributed by atoms with E-state index in [2.05, 4.69) is 24.9 Å². The fourth-order valence-electron chi connectivity index (χ4n) is 3.10. The number of thiazole rings is 1. The zero-order chi connectivity index (χ0) is 19.2. The fraction of sp³-hybridized carbons (Fsp3) is 0.524. The fourth-order valence-corrected chi connectivity index (χ4v) is 3.80. The van der Waals surface area contributed by atoms with Crippen LogP contribution in [0, 0.1) is 19.8 Å². The number of hydrogen-bond acceptors (Lipinski definition) is 5. The summed E-state index contributed by atoms with van der Waals surface area (Å²) in [5.41, 5.74) is 3.32. The third kappa shape index (κ3) is 6.04. The first-order valence-corrected chi connectivity index (χ1v) is 10.3. The van der Waals surface area contributed by atoms with Crippen molar-refractivity contribution in [3.8, 4) is 5.75 Å². The lowest BCUT2D eigenvalue weighted by molar-refractivity contribution is -0.133. The highest BCUT2D eigenvalue weighted by Crippen LogP contribution is 2.31. The lowest BCUT2D eigenvalue weighted by atomic mass is 10.1. The first kappa shape index (κ1) is 19.8. The van der Waals surface area contributed by atoms with Gasteiger partial charge in [0, 0.05) is 31.6 Å². The number of amides is 1. The minimum absolute atomic E-state index is 0.221. The van der Waals surface area contributed by atoms with Gasteiger partial charge < -0.3 is 14.4 Å². The summed E-state index contributed by atoms with van der Waals surface area (Å²) in [6.45, 7) is 6.54. The maximum absolute atomic E-state index is 12.5. The molecule has 1 amide bonds. The Balaban J connectivity index is 1.56. The van der Waals surface area contributed by atoms with Gasteiger partial charge in [-0.15, -0.1) is 11.3 Å². The molecule has 1 aliphatic rings. The molecule has 6 heteroatoms. The normalized spacial score (nSPS) is 13.6. The average Bonchev–Trinajstić information content (AvgIpc) is 3.38. The molecular formula is C21H28N2O3S. The second-order valence-electron chi connectivity index (χ2n) is 7.23. The van der Waals surface area contributed by atoms with Crippen LogP contribution in [-0.4, -0.2) is 36.1 Å². The van der Waals surface area contributed by atoms with E-state index >= 15 is 0 Å². The van der Waals surface area contributed by atoms with Gasteiger partial charge in [-0.3, -0.25) is 4.79 Å². The van der Waals surface area contributed by atoms with Crippen LogP contribution in [0.4, 0.5) is 0 Å². The average molecular weight is 389 g/mol. The lowest BCUT2D eigenvalue weighted by Gasteiger charge is -2.21. The van der Waals surface area contributed by atoms with Gasteiger partial charge in [0.2, 0.25) is 5.91 Å². The Hall–Kier alpha value is -1.92. The summed E-state index contributed by atoms with van der Waals surface area (Å²) in [7, 11) is 1.69. The number of rotatable bonds is 10. The van der Waals surface area contributed by atoms with Crippen LogP contribution < -0.4 is 4.74 Å². The number of methoxy groups -OCH3 is 1. The Bertz CT molecular complexity index is 750. The van der Waals surface area contributed by atoms with Gasteiger partial charge in [-0.25, -0.2) is 4.98 Å². The van der Waals surface area contributed by atoms with E-state index in [0.29, 0.717) is 19.8 Å². The van der Waals surface area contributed by atoms with Crippen molar-refractivity contribution in [1.82, 2.24) is 9.88 Å². The molecule has 1 heterocycles. The summed E-state index contributed by atoms with van der Waals surface area (Å²) in [6.07, 6.45) is 2.89. The number of carbonyl (C=O) groups is 1. The highest BCUT2D eigenvalue weighted by Gasteiger charge is 2.33. The van der Waals surface area contributed by atoms with E-state index in [9.17, 15) is 4.79 Å². The number of nitrogens with zero attached hydrogens (tertiary/aromatic N) is 2. The summed E-state index contributed by atoms with van der Waals surface area (Å²) in [6, 6.07) is 6.20. The van der Waals surface area contributed by atoms with Crippen LogP contribution in [0.3, 0.4) is 0 Å². The zero-order valence-corrected chi connectivity index (χ0v) is 17.2. The van der Waals surface area contributed by atoms with Crippen molar-refractivity contribution in [3.05, 3.63) is 45.4 Å².